The number of alkyl halides is 3. The molecule has 1 fully saturated rings. The molecule has 1 aliphatic heterocycles. The van der Waals surface area contributed by atoms with Crippen molar-refractivity contribution in [3.8, 4) is 0 Å². The van der Waals surface area contributed by atoms with Gasteiger partial charge in [-0.15, -0.1) is 0 Å². The molecule has 2 aromatic carbocycles. The van der Waals surface area contributed by atoms with E-state index in [1.807, 2.05) is 27.7 Å². The first-order chi connectivity index (χ1) is 11.4. The number of hydrogen-bond donors (Lipinski definition) is 1. The van der Waals surface area contributed by atoms with Crippen LogP contribution in [-0.2, 0) is 9.31 Å². The van der Waals surface area contributed by atoms with Crippen molar-refractivity contribution in [1.82, 2.24) is 0 Å². The molecule has 25 heavy (non-hydrogen) atoms. The first kappa shape index (κ1) is 18.2. The van der Waals surface area contributed by atoms with Crippen LogP contribution in [0.3, 0.4) is 0 Å². The second-order valence-corrected chi connectivity index (χ2v) is 7.40. The van der Waals surface area contributed by atoms with Gasteiger partial charge in [0, 0.05) is 0 Å². The summed E-state index contributed by atoms with van der Waals surface area (Å²) in [7, 11) is -0.647. The topological polar surface area (TPSA) is 44.5 Å². The minimum atomic E-state index is -4.51. The van der Waals surface area contributed by atoms with E-state index >= 15 is 0 Å². The Kier molecular flexibility index (Phi) is 4.17. The van der Waals surface area contributed by atoms with Crippen molar-refractivity contribution in [2.45, 2.75) is 51.1 Å². The van der Waals surface area contributed by atoms with Crippen LogP contribution in [0.4, 0.5) is 13.2 Å². The van der Waals surface area contributed by atoms with Crippen molar-refractivity contribution in [3.05, 3.63) is 42.0 Å². The Morgan fingerprint density at radius 1 is 0.920 bits per heavy atom. The zero-order valence-electron chi connectivity index (χ0n) is 14.6. The molecule has 1 heterocycles. The minimum Gasteiger partial charge on any atom is -0.399 e. The summed E-state index contributed by atoms with van der Waals surface area (Å²) in [5.41, 5.74) is 5.13. The molecule has 0 aromatic heterocycles. The van der Waals surface area contributed by atoms with Crippen molar-refractivity contribution in [2.75, 3.05) is 0 Å². The zero-order valence-corrected chi connectivity index (χ0v) is 14.6. The molecule has 1 atom stereocenters. The van der Waals surface area contributed by atoms with Crippen molar-refractivity contribution >= 4 is 23.4 Å². The molecule has 3 rings (SSSR count). The van der Waals surface area contributed by atoms with Crippen LogP contribution in [0.15, 0.2) is 36.4 Å². The van der Waals surface area contributed by atoms with Crippen molar-refractivity contribution in [1.29, 1.82) is 0 Å². The molecular weight excluding hydrogens is 330 g/mol. The predicted octanol–water partition coefficient (Wildman–Crippen LogP) is 3.70. The van der Waals surface area contributed by atoms with Gasteiger partial charge in [-0.25, -0.2) is 0 Å². The fourth-order valence-corrected chi connectivity index (χ4v) is 2.97. The Labute approximate surface area is 145 Å². The molecule has 2 aromatic rings. The number of nitrogens with two attached hydrogens (primary N) is 1. The number of halogens is 3. The van der Waals surface area contributed by atoms with E-state index in [-0.39, 0.29) is 5.56 Å². The van der Waals surface area contributed by atoms with Gasteiger partial charge >= 0.3 is 13.3 Å². The Hall–Kier alpha value is -1.57. The highest BCUT2D eigenvalue weighted by molar-refractivity contribution is 6.65. The van der Waals surface area contributed by atoms with Gasteiger partial charge in [-0.1, -0.05) is 36.4 Å². The molecule has 0 radical (unpaired) electrons. The SMILES string of the molecule is CC1(C)OB(c2ccc(C(N)C(F)(F)F)c3ccccc23)OC1(C)C. The molecule has 7 heteroatoms. The number of rotatable bonds is 2. The third-order valence-corrected chi connectivity index (χ3v) is 5.19. The van der Waals surface area contributed by atoms with Crippen molar-refractivity contribution in [3.63, 3.8) is 0 Å². The lowest BCUT2D eigenvalue weighted by Crippen LogP contribution is -2.41. The lowest BCUT2D eigenvalue weighted by Gasteiger charge is -2.32. The van der Waals surface area contributed by atoms with Gasteiger partial charge in [0.2, 0.25) is 0 Å². The van der Waals surface area contributed by atoms with Gasteiger partial charge in [-0.05, 0) is 49.5 Å². The summed E-state index contributed by atoms with van der Waals surface area (Å²) >= 11 is 0. The van der Waals surface area contributed by atoms with Gasteiger partial charge in [0.15, 0.2) is 0 Å². The van der Waals surface area contributed by atoms with E-state index in [1.54, 1.807) is 30.3 Å². The summed E-state index contributed by atoms with van der Waals surface area (Å²) in [6.45, 7) is 7.73. The third kappa shape index (κ3) is 3.05. The molecule has 3 nitrogen and oxygen atoms in total. The zero-order chi connectivity index (χ0) is 18.6. The maximum atomic E-state index is 13.1. The number of benzene rings is 2. The number of fused-ring (bicyclic) bond motifs is 1. The molecule has 2 N–H and O–H groups in total. The first-order valence-electron chi connectivity index (χ1n) is 8.13. The van der Waals surface area contributed by atoms with E-state index in [2.05, 4.69) is 0 Å². The molecule has 0 aliphatic carbocycles. The molecule has 0 saturated carbocycles. The summed E-state index contributed by atoms with van der Waals surface area (Å²) in [6.07, 6.45) is -4.51. The Bertz CT molecular complexity index is 788. The maximum Gasteiger partial charge on any atom is 0.495 e. The van der Waals surface area contributed by atoms with Crippen LogP contribution in [-0.4, -0.2) is 24.5 Å². The molecule has 0 spiro atoms. The van der Waals surface area contributed by atoms with E-state index in [1.165, 1.54) is 6.07 Å². The quantitative estimate of drug-likeness (QED) is 0.840. The molecule has 134 valence electrons. The van der Waals surface area contributed by atoms with Crippen LogP contribution in [0.5, 0.6) is 0 Å². The van der Waals surface area contributed by atoms with E-state index in [0.717, 1.165) is 0 Å². The molecule has 1 saturated heterocycles. The standard InChI is InChI=1S/C18H21BF3NO2/c1-16(2)17(3,4)25-19(24-16)14-10-9-13(15(23)18(20,21)22)11-7-5-6-8-12(11)14/h5-10,15H,23H2,1-4H3. The second kappa shape index (κ2) is 5.72. The summed E-state index contributed by atoms with van der Waals surface area (Å²) in [6, 6.07) is 7.88. The fourth-order valence-electron chi connectivity index (χ4n) is 2.97. The van der Waals surface area contributed by atoms with Gasteiger partial charge < -0.3 is 15.0 Å². The second-order valence-electron chi connectivity index (χ2n) is 7.40. The Morgan fingerprint density at radius 3 is 1.96 bits per heavy atom. The van der Waals surface area contributed by atoms with Crippen LogP contribution in [0.2, 0.25) is 0 Å². The Balaban J connectivity index is 2.12. The van der Waals surface area contributed by atoms with Gasteiger partial charge in [-0.3, -0.25) is 0 Å². The molecule has 0 bridgehead atoms. The highest BCUT2D eigenvalue weighted by Crippen LogP contribution is 2.38. The Morgan fingerprint density at radius 2 is 1.44 bits per heavy atom. The molecule has 0 amide bonds. The molecule has 1 unspecified atom stereocenters. The van der Waals surface area contributed by atoms with E-state index in [4.69, 9.17) is 15.0 Å². The average Bonchev–Trinajstić information content (AvgIpc) is 2.72. The van der Waals surface area contributed by atoms with Crippen LogP contribution in [0.1, 0.15) is 39.3 Å². The summed E-state index contributed by atoms with van der Waals surface area (Å²) in [5.74, 6) is 0. The summed E-state index contributed by atoms with van der Waals surface area (Å²) in [4.78, 5) is 0. The lowest BCUT2D eigenvalue weighted by molar-refractivity contribution is -0.148. The third-order valence-electron chi connectivity index (χ3n) is 5.19. The monoisotopic (exact) mass is 351 g/mol. The van der Waals surface area contributed by atoms with Crippen LogP contribution in [0, 0.1) is 0 Å². The van der Waals surface area contributed by atoms with Gasteiger partial charge in [0.1, 0.15) is 6.04 Å². The summed E-state index contributed by atoms with van der Waals surface area (Å²) in [5, 5.41) is 1.11. The molecule has 1 aliphatic rings. The lowest BCUT2D eigenvalue weighted by atomic mass is 9.75. The summed E-state index contributed by atoms with van der Waals surface area (Å²) < 4.78 is 51.4. The highest BCUT2D eigenvalue weighted by atomic mass is 19.4. The van der Waals surface area contributed by atoms with Crippen molar-refractivity contribution in [2.24, 2.45) is 5.73 Å². The van der Waals surface area contributed by atoms with Crippen LogP contribution in [0.25, 0.3) is 10.8 Å². The first-order valence-corrected chi connectivity index (χ1v) is 8.13. The highest BCUT2D eigenvalue weighted by Gasteiger charge is 2.52. The van der Waals surface area contributed by atoms with Gasteiger partial charge in [0.25, 0.3) is 0 Å². The van der Waals surface area contributed by atoms with E-state index in [0.29, 0.717) is 16.2 Å². The van der Waals surface area contributed by atoms with Crippen LogP contribution < -0.4 is 11.2 Å². The largest absolute Gasteiger partial charge is 0.495 e. The maximum absolute atomic E-state index is 13.1. The smallest absolute Gasteiger partial charge is 0.399 e. The predicted molar refractivity (Wildman–Crippen MR) is 92.6 cm³/mol. The van der Waals surface area contributed by atoms with Gasteiger partial charge in [-0.2, -0.15) is 13.2 Å². The molecular formula is C18H21BF3NO2. The van der Waals surface area contributed by atoms with Crippen LogP contribution >= 0.6 is 0 Å². The normalized spacial score (nSPS) is 20.9. The average molecular weight is 351 g/mol. The van der Waals surface area contributed by atoms with E-state index < -0.39 is 30.5 Å². The van der Waals surface area contributed by atoms with E-state index in [9.17, 15) is 13.2 Å². The fraction of sp³-hybridized carbons (Fsp3) is 0.444. The van der Waals surface area contributed by atoms with Crippen molar-refractivity contribution < 1.29 is 22.5 Å². The number of hydrogen-bond acceptors (Lipinski definition) is 3. The minimum absolute atomic E-state index is 0.0448. The van der Waals surface area contributed by atoms with Gasteiger partial charge in [0.05, 0.1) is 11.2 Å².